The van der Waals surface area contributed by atoms with E-state index in [4.69, 9.17) is 0 Å². The second-order valence-electron chi connectivity index (χ2n) is 3.49. The normalized spacial score (nSPS) is 19.1. The van der Waals surface area contributed by atoms with E-state index in [1.165, 1.54) is 0 Å². The molecule has 1 aliphatic heterocycles. The average molecular weight is 191 g/mol. The largest absolute Gasteiger partial charge is 0.316 e. The summed E-state index contributed by atoms with van der Waals surface area (Å²) in [5, 5.41) is 3.08. The molecule has 1 fully saturated rings. The van der Waals surface area contributed by atoms with Gasteiger partial charge in [-0.3, -0.25) is 0 Å². The van der Waals surface area contributed by atoms with Crippen molar-refractivity contribution in [2.24, 2.45) is 5.92 Å². The Kier molecular flexibility index (Phi) is 3.53. The maximum Gasteiger partial charge on any atom is 0.150 e. The molecule has 0 bridgehead atoms. The van der Waals surface area contributed by atoms with Crippen molar-refractivity contribution in [1.82, 2.24) is 5.32 Å². The number of rotatable bonds is 5. The van der Waals surface area contributed by atoms with E-state index in [0.717, 1.165) is 25.9 Å². The fourth-order valence-corrected chi connectivity index (χ4v) is 3.12. The first-order chi connectivity index (χ1) is 5.64. The van der Waals surface area contributed by atoms with E-state index in [-0.39, 0.29) is 0 Å². The minimum absolute atomic E-state index is 0.375. The van der Waals surface area contributed by atoms with Gasteiger partial charge in [-0.1, -0.05) is 13.3 Å². The number of hydrogen-bond acceptors (Lipinski definition) is 3. The Morgan fingerprint density at radius 1 is 1.42 bits per heavy atom. The third kappa shape index (κ3) is 3.11. The number of unbranched alkanes of at least 4 members (excludes halogenated alkanes) is 1. The van der Waals surface area contributed by atoms with Crippen LogP contribution >= 0.6 is 0 Å². The summed E-state index contributed by atoms with van der Waals surface area (Å²) < 4.78 is 22.7. The molecule has 0 aromatic heterocycles. The zero-order valence-electron chi connectivity index (χ0n) is 7.54. The highest BCUT2D eigenvalue weighted by Gasteiger charge is 2.23. The molecule has 0 unspecified atom stereocenters. The van der Waals surface area contributed by atoms with Gasteiger partial charge in [0.15, 0.2) is 9.84 Å². The Labute approximate surface area is 74.5 Å². The lowest BCUT2D eigenvalue weighted by atomic mass is 10.1. The van der Waals surface area contributed by atoms with Gasteiger partial charge in [0.2, 0.25) is 0 Å². The topological polar surface area (TPSA) is 46.2 Å². The fourth-order valence-electron chi connectivity index (χ4n) is 1.27. The molecule has 0 saturated carbocycles. The summed E-state index contributed by atoms with van der Waals surface area (Å²) in [6.45, 7) is 3.77. The van der Waals surface area contributed by atoms with Crippen molar-refractivity contribution in [1.29, 1.82) is 0 Å². The van der Waals surface area contributed by atoms with Gasteiger partial charge in [-0.2, -0.15) is 0 Å². The van der Waals surface area contributed by atoms with Gasteiger partial charge in [-0.15, -0.1) is 0 Å². The first-order valence-electron chi connectivity index (χ1n) is 4.55. The van der Waals surface area contributed by atoms with Crippen molar-refractivity contribution in [2.45, 2.75) is 19.8 Å². The van der Waals surface area contributed by atoms with Crippen molar-refractivity contribution < 1.29 is 8.42 Å². The van der Waals surface area contributed by atoms with Crippen LogP contribution in [0.5, 0.6) is 0 Å². The van der Waals surface area contributed by atoms with Gasteiger partial charge in [0.1, 0.15) is 0 Å². The third-order valence-electron chi connectivity index (χ3n) is 2.16. The van der Waals surface area contributed by atoms with Gasteiger partial charge in [0.05, 0.1) is 11.5 Å². The van der Waals surface area contributed by atoms with Gasteiger partial charge in [-0.05, 0) is 12.3 Å². The summed E-state index contributed by atoms with van der Waals surface area (Å²) in [6.07, 6.45) is 1.77. The SMILES string of the molecule is CCCCS(=O)(=O)CC1CNC1. The third-order valence-corrected chi connectivity index (χ3v) is 4.05. The molecule has 0 radical (unpaired) electrons. The fraction of sp³-hybridized carbons (Fsp3) is 1.00. The number of nitrogens with one attached hydrogen (secondary N) is 1. The van der Waals surface area contributed by atoms with Gasteiger partial charge in [0, 0.05) is 13.1 Å². The molecule has 1 saturated heterocycles. The minimum Gasteiger partial charge on any atom is -0.316 e. The van der Waals surface area contributed by atoms with E-state index in [9.17, 15) is 8.42 Å². The van der Waals surface area contributed by atoms with E-state index in [2.05, 4.69) is 5.32 Å². The molecule has 4 heteroatoms. The van der Waals surface area contributed by atoms with E-state index < -0.39 is 9.84 Å². The zero-order valence-corrected chi connectivity index (χ0v) is 8.36. The van der Waals surface area contributed by atoms with E-state index >= 15 is 0 Å². The number of sulfone groups is 1. The van der Waals surface area contributed by atoms with Crippen LogP contribution in [0.25, 0.3) is 0 Å². The Balaban J connectivity index is 2.27. The predicted molar refractivity (Wildman–Crippen MR) is 49.9 cm³/mol. The van der Waals surface area contributed by atoms with Crippen LogP contribution in [0.2, 0.25) is 0 Å². The van der Waals surface area contributed by atoms with Crippen molar-refractivity contribution in [2.75, 3.05) is 24.6 Å². The summed E-state index contributed by atoms with van der Waals surface area (Å²) in [4.78, 5) is 0. The van der Waals surface area contributed by atoms with Crippen LogP contribution in [0.15, 0.2) is 0 Å². The Morgan fingerprint density at radius 3 is 2.50 bits per heavy atom. The van der Waals surface area contributed by atoms with E-state index in [1.807, 2.05) is 6.92 Å². The molecular weight excluding hydrogens is 174 g/mol. The predicted octanol–water partition coefficient (Wildman–Crippen LogP) is 0.421. The Bertz CT molecular complexity index is 219. The maximum atomic E-state index is 11.4. The molecule has 1 heterocycles. The smallest absolute Gasteiger partial charge is 0.150 e. The maximum absolute atomic E-state index is 11.4. The Hall–Kier alpha value is -0.0900. The standard InChI is InChI=1S/C8H17NO2S/c1-2-3-4-12(10,11)7-8-5-9-6-8/h8-9H,2-7H2,1H3. The van der Waals surface area contributed by atoms with Crippen LogP contribution < -0.4 is 5.32 Å². The van der Waals surface area contributed by atoms with Crippen LogP contribution in [0.3, 0.4) is 0 Å². The highest BCUT2D eigenvalue weighted by Crippen LogP contribution is 2.08. The van der Waals surface area contributed by atoms with Crippen LogP contribution in [0, 0.1) is 5.92 Å². The van der Waals surface area contributed by atoms with Crippen LogP contribution in [0.4, 0.5) is 0 Å². The average Bonchev–Trinajstić information content (AvgIpc) is 1.94. The first kappa shape index (κ1) is 9.99. The number of hydrogen-bond donors (Lipinski definition) is 1. The second-order valence-corrected chi connectivity index (χ2v) is 5.72. The molecule has 0 amide bonds. The highest BCUT2D eigenvalue weighted by atomic mass is 32.2. The van der Waals surface area contributed by atoms with Crippen molar-refractivity contribution >= 4 is 9.84 Å². The quantitative estimate of drug-likeness (QED) is 0.685. The van der Waals surface area contributed by atoms with Crippen LogP contribution in [0.1, 0.15) is 19.8 Å². The summed E-state index contributed by atoms with van der Waals surface area (Å²) in [5.74, 6) is 1.15. The molecular formula is C8H17NO2S. The van der Waals surface area contributed by atoms with Crippen molar-refractivity contribution in [3.8, 4) is 0 Å². The lowest BCUT2D eigenvalue weighted by Gasteiger charge is -2.26. The molecule has 1 aliphatic rings. The molecule has 0 aromatic rings. The van der Waals surface area contributed by atoms with Gasteiger partial charge >= 0.3 is 0 Å². The Morgan fingerprint density at radius 2 is 2.08 bits per heavy atom. The molecule has 1 N–H and O–H groups in total. The van der Waals surface area contributed by atoms with Crippen molar-refractivity contribution in [3.63, 3.8) is 0 Å². The molecule has 0 spiro atoms. The van der Waals surface area contributed by atoms with Gasteiger partial charge < -0.3 is 5.32 Å². The zero-order chi connectivity index (χ0) is 9.03. The summed E-state index contributed by atoms with van der Waals surface area (Å²) in [6, 6.07) is 0. The van der Waals surface area contributed by atoms with Crippen LogP contribution in [-0.4, -0.2) is 33.0 Å². The van der Waals surface area contributed by atoms with Crippen LogP contribution in [-0.2, 0) is 9.84 Å². The summed E-state index contributed by atoms with van der Waals surface area (Å²) in [5.41, 5.74) is 0. The minimum atomic E-state index is -2.74. The molecule has 3 nitrogen and oxygen atoms in total. The summed E-state index contributed by atoms with van der Waals surface area (Å²) >= 11 is 0. The van der Waals surface area contributed by atoms with E-state index in [0.29, 0.717) is 17.4 Å². The first-order valence-corrected chi connectivity index (χ1v) is 6.37. The molecule has 0 aliphatic carbocycles. The molecule has 12 heavy (non-hydrogen) atoms. The van der Waals surface area contributed by atoms with Gasteiger partial charge in [-0.25, -0.2) is 8.42 Å². The second kappa shape index (κ2) is 4.23. The monoisotopic (exact) mass is 191 g/mol. The highest BCUT2D eigenvalue weighted by molar-refractivity contribution is 7.91. The molecule has 0 aromatic carbocycles. The molecule has 1 rings (SSSR count). The van der Waals surface area contributed by atoms with Gasteiger partial charge in [0.25, 0.3) is 0 Å². The molecule has 72 valence electrons. The lowest BCUT2D eigenvalue weighted by Crippen LogP contribution is -2.45. The summed E-state index contributed by atoms with van der Waals surface area (Å²) in [7, 11) is -2.74. The van der Waals surface area contributed by atoms with Crippen molar-refractivity contribution in [3.05, 3.63) is 0 Å². The van der Waals surface area contributed by atoms with E-state index in [1.54, 1.807) is 0 Å². The molecule has 0 atom stereocenters. The lowest BCUT2D eigenvalue weighted by molar-refractivity contribution is 0.378.